The van der Waals surface area contributed by atoms with Crippen LogP contribution in [0.15, 0.2) is 18.2 Å². The number of nitrogens with one attached hydrogen (secondary N) is 1. The predicted octanol–water partition coefficient (Wildman–Crippen LogP) is 3.05. The first-order valence-electron chi connectivity index (χ1n) is 5.02. The van der Waals surface area contributed by atoms with Gasteiger partial charge in [0.15, 0.2) is 4.77 Å². The molecule has 0 radical (unpaired) electrons. The van der Waals surface area contributed by atoms with Crippen molar-refractivity contribution in [3.8, 4) is 0 Å². The molecule has 16 heavy (non-hydrogen) atoms. The number of ether oxygens (including phenoxy) is 1. The number of fused-ring (bicyclic) bond motifs is 1. The van der Waals surface area contributed by atoms with Crippen molar-refractivity contribution in [3.05, 3.63) is 28.8 Å². The number of benzene rings is 1. The molecule has 5 heteroatoms. The fourth-order valence-electron chi connectivity index (χ4n) is 1.85. The number of aromatic nitrogens is 2. The Hall–Kier alpha value is -1.20. The number of halogens is 1. The molecule has 0 fully saturated rings. The highest BCUT2D eigenvalue weighted by Crippen LogP contribution is 2.20. The van der Waals surface area contributed by atoms with Crippen molar-refractivity contribution in [1.82, 2.24) is 9.55 Å². The number of H-pyrrole nitrogens is 1. The molecule has 2 rings (SSSR count). The van der Waals surface area contributed by atoms with Gasteiger partial charge in [0.25, 0.3) is 0 Å². The van der Waals surface area contributed by atoms with Crippen LogP contribution in [0.5, 0.6) is 0 Å². The molecule has 86 valence electrons. The SMILES string of the molecule is COCC(C)n1c(=S)[nH]c2ccc(F)cc21. The Morgan fingerprint density at radius 2 is 2.31 bits per heavy atom. The second-order valence-electron chi connectivity index (χ2n) is 3.77. The molecule has 1 heterocycles. The van der Waals surface area contributed by atoms with Crippen molar-refractivity contribution in [2.45, 2.75) is 13.0 Å². The molecule has 0 aliphatic rings. The molecule has 0 saturated heterocycles. The third kappa shape index (κ3) is 1.88. The van der Waals surface area contributed by atoms with Crippen LogP contribution in [0.1, 0.15) is 13.0 Å². The van der Waals surface area contributed by atoms with Gasteiger partial charge in [-0.3, -0.25) is 0 Å². The molecule has 1 N–H and O–H groups in total. The fraction of sp³-hybridized carbons (Fsp3) is 0.364. The van der Waals surface area contributed by atoms with Crippen LogP contribution >= 0.6 is 12.2 Å². The zero-order valence-electron chi connectivity index (χ0n) is 9.16. The second-order valence-corrected chi connectivity index (χ2v) is 4.15. The number of hydrogen-bond donors (Lipinski definition) is 1. The van der Waals surface area contributed by atoms with E-state index in [0.29, 0.717) is 11.4 Å². The van der Waals surface area contributed by atoms with Gasteiger partial charge in [-0.1, -0.05) is 0 Å². The summed E-state index contributed by atoms with van der Waals surface area (Å²) in [5.74, 6) is -0.264. The molecule has 0 amide bonds. The molecule has 0 bridgehead atoms. The predicted molar refractivity (Wildman–Crippen MR) is 63.7 cm³/mol. The molecule has 1 unspecified atom stereocenters. The van der Waals surface area contributed by atoms with Gasteiger partial charge in [-0.15, -0.1) is 0 Å². The van der Waals surface area contributed by atoms with Crippen molar-refractivity contribution in [3.63, 3.8) is 0 Å². The average molecular weight is 240 g/mol. The first-order valence-corrected chi connectivity index (χ1v) is 5.43. The van der Waals surface area contributed by atoms with Gasteiger partial charge in [-0.2, -0.15) is 0 Å². The van der Waals surface area contributed by atoms with E-state index in [2.05, 4.69) is 4.98 Å². The molecule has 0 saturated carbocycles. The van der Waals surface area contributed by atoms with Gasteiger partial charge in [0.1, 0.15) is 5.82 Å². The van der Waals surface area contributed by atoms with E-state index in [-0.39, 0.29) is 11.9 Å². The van der Waals surface area contributed by atoms with E-state index in [1.54, 1.807) is 13.2 Å². The molecule has 3 nitrogen and oxygen atoms in total. The van der Waals surface area contributed by atoms with Crippen molar-refractivity contribution >= 4 is 23.3 Å². The second kappa shape index (κ2) is 4.35. The molecular formula is C11H13FN2OS. The van der Waals surface area contributed by atoms with Gasteiger partial charge in [0.05, 0.1) is 23.7 Å². The molecule has 0 spiro atoms. The van der Waals surface area contributed by atoms with Crippen LogP contribution in [-0.4, -0.2) is 23.3 Å². The van der Waals surface area contributed by atoms with E-state index < -0.39 is 0 Å². The highest BCUT2D eigenvalue weighted by molar-refractivity contribution is 7.71. The summed E-state index contributed by atoms with van der Waals surface area (Å²) in [6.07, 6.45) is 0. The standard InChI is InChI=1S/C11H13FN2OS/c1-7(6-15-2)14-10-5-8(12)3-4-9(10)13-11(14)16/h3-5,7H,6H2,1-2H3,(H,13,16). The van der Waals surface area contributed by atoms with E-state index in [1.165, 1.54) is 12.1 Å². The monoisotopic (exact) mass is 240 g/mol. The summed E-state index contributed by atoms with van der Waals surface area (Å²) in [5, 5.41) is 0. The highest BCUT2D eigenvalue weighted by atomic mass is 32.1. The van der Waals surface area contributed by atoms with Crippen LogP contribution < -0.4 is 0 Å². The van der Waals surface area contributed by atoms with E-state index in [1.807, 2.05) is 11.5 Å². The number of methoxy groups -OCH3 is 1. The van der Waals surface area contributed by atoms with E-state index in [0.717, 1.165) is 11.0 Å². The molecule has 1 aromatic carbocycles. The Morgan fingerprint density at radius 3 is 3.00 bits per heavy atom. The zero-order valence-corrected chi connectivity index (χ0v) is 9.97. The maximum absolute atomic E-state index is 13.2. The summed E-state index contributed by atoms with van der Waals surface area (Å²) < 4.78 is 20.7. The first-order chi connectivity index (χ1) is 7.63. The van der Waals surface area contributed by atoms with Gasteiger partial charge in [-0.05, 0) is 37.3 Å². The topological polar surface area (TPSA) is 29.9 Å². The number of imidazole rings is 1. The first kappa shape index (κ1) is 11.3. The van der Waals surface area contributed by atoms with Crippen molar-refractivity contribution in [1.29, 1.82) is 0 Å². The van der Waals surface area contributed by atoms with Crippen LogP contribution in [0.3, 0.4) is 0 Å². The van der Waals surface area contributed by atoms with Gasteiger partial charge in [-0.25, -0.2) is 4.39 Å². The van der Waals surface area contributed by atoms with Crippen molar-refractivity contribution < 1.29 is 9.13 Å². The van der Waals surface area contributed by atoms with Gasteiger partial charge < -0.3 is 14.3 Å². The maximum atomic E-state index is 13.2. The summed E-state index contributed by atoms with van der Waals surface area (Å²) in [6, 6.07) is 4.66. The van der Waals surface area contributed by atoms with Crippen LogP contribution in [0.4, 0.5) is 4.39 Å². The lowest BCUT2D eigenvalue weighted by Crippen LogP contribution is -2.10. The minimum Gasteiger partial charge on any atom is -0.383 e. The Morgan fingerprint density at radius 1 is 1.56 bits per heavy atom. The summed E-state index contributed by atoms with van der Waals surface area (Å²) in [5.41, 5.74) is 1.61. The normalized spacial score (nSPS) is 13.2. The Bertz CT molecular complexity index is 561. The summed E-state index contributed by atoms with van der Waals surface area (Å²) in [4.78, 5) is 3.05. The molecule has 2 aromatic rings. The van der Waals surface area contributed by atoms with Crippen molar-refractivity contribution in [2.24, 2.45) is 0 Å². The van der Waals surface area contributed by atoms with E-state index in [9.17, 15) is 4.39 Å². The number of hydrogen-bond acceptors (Lipinski definition) is 2. The maximum Gasteiger partial charge on any atom is 0.178 e. The zero-order chi connectivity index (χ0) is 11.7. The summed E-state index contributed by atoms with van der Waals surface area (Å²) in [7, 11) is 1.63. The van der Waals surface area contributed by atoms with Crippen LogP contribution in [0, 0.1) is 10.6 Å². The quantitative estimate of drug-likeness (QED) is 0.836. The van der Waals surface area contributed by atoms with Crippen LogP contribution in [0.25, 0.3) is 11.0 Å². The van der Waals surface area contributed by atoms with E-state index >= 15 is 0 Å². The minimum absolute atomic E-state index is 0.0769. The Balaban J connectivity index is 2.62. The highest BCUT2D eigenvalue weighted by Gasteiger charge is 2.11. The van der Waals surface area contributed by atoms with Gasteiger partial charge in [0, 0.05) is 7.11 Å². The fourth-order valence-corrected chi connectivity index (χ4v) is 2.24. The Kier molecular flexibility index (Phi) is 3.07. The molecule has 0 aliphatic carbocycles. The molecular weight excluding hydrogens is 227 g/mol. The molecule has 0 aliphatic heterocycles. The lowest BCUT2D eigenvalue weighted by Gasteiger charge is -2.13. The lowest BCUT2D eigenvalue weighted by molar-refractivity contribution is 0.163. The number of rotatable bonds is 3. The molecule has 1 atom stereocenters. The van der Waals surface area contributed by atoms with Gasteiger partial charge >= 0.3 is 0 Å². The summed E-state index contributed by atoms with van der Waals surface area (Å²) >= 11 is 5.22. The smallest absolute Gasteiger partial charge is 0.178 e. The van der Waals surface area contributed by atoms with Gasteiger partial charge in [0.2, 0.25) is 0 Å². The molecule has 1 aromatic heterocycles. The average Bonchev–Trinajstić information content (AvgIpc) is 2.53. The van der Waals surface area contributed by atoms with E-state index in [4.69, 9.17) is 17.0 Å². The summed E-state index contributed by atoms with van der Waals surface area (Å²) in [6.45, 7) is 2.52. The Labute approximate surface area is 97.8 Å². The van der Waals surface area contributed by atoms with Crippen molar-refractivity contribution in [2.75, 3.05) is 13.7 Å². The van der Waals surface area contributed by atoms with Crippen LogP contribution in [0.2, 0.25) is 0 Å². The largest absolute Gasteiger partial charge is 0.383 e. The minimum atomic E-state index is -0.264. The third-order valence-electron chi connectivity index (χ3n) is 2.53. The number of nitrogens with zero attached hydrogens (tertiary/aromatic N) is 1. The lowest BCUT2D eigenvalue weighted by atomic mass is 10.3. The third-order valence-corrected chi connectivity index (χ3v) is 2.83. The number of aromatic amines is 1. The van der Waals surface area contributed by atoms with Crippen LogP contribution in [-0.2, 0) is 4.74 Å².